The van der Waals surface area contributed by atoms with Crippen molar-refractivity contribution in [3.05, 3.63) is 392 Å². The number of rotatable bonds is 34. The first kappa shape index (κ1) is 99.9. The second-order valence-electron chi connectivity index (χ2n) is 36.3. The fourth-order valence-electron chi connectivity index (χ4n) is 18.3. The number of anilines is 5. The summed E-state index contributed by atoms with van der Waals surface area (Å²) in [5, 5.41) is 16.7. The molecule has 0 saturated carbocycles. The highest BCUT2D eigenvalue weighted by molar-refractivity contribution is 14.1. The van der Waals surface area contributed by atoms with Crippen molar-refractivity contribution in [3.63, 3.8) is 0 Å². The van der Waals surface area contributed by atoms with Crippen molar-refractivity contribution in [2.45, 2.75) is 196 Å². The monoisotopic (exact) mass is 2000 g/mol. The quantitative estimate of drug-likeness (QED) is 0.0122. The summed E-state index contributed by atoms with van der Waals surface area (Å²) < 4.78 is 68.8. The van der Waals surface area contributed by atoms with Gasteiger partial charge in [-0.15, -0.1) is 0 Å². The molecule has 0 amide bonds. The Labute approximate surface area is 827 Å². The van der Waals surface area contributed by atoms with E-state index >= 15 is 0 Å². The highest BCUT2D eigenvalue weighted by atomic mass is 127. The molecule has 0 fully saturated rings. The van der Waals surface area contributed by atoms with Crippen LogP contribution in [0.1, 0.15) is 181 Å². The van der Waals surface area contributed by atoms with Gasteiger partial charge < -0.3 is 20.6 Å². The molecular formula is C124H126BrF3IN3O3S. The molecule has 136 heavy (non-hydrogen) atoms. The van der Waals surface area contributed by atoms with E-state index in [0.29, 0.717) is 11.1 Å². The van der Waals surface area contributed by atoms with E-state index in [1.165, 1.54) is 243 Å². The van der Waals surface area contributed by atoms with E-state index in [0.717, 1.165) is 101 Å². The maximum absolute atomic E-state index is 12.9. The van der Waals surface area contributed by atoms with Crippen LogP contribution in [0.25, 0.3) is 121 Å². The molecule has 0 aliphatic heterocycles. The normalized spacial score (nSPS) is 11.4. The van der Waals surface area contributed by atoms with Gasteiger partial charge in [-0.05, 0) is 377 Å². The van der Waals surface area contributed by atoms with Gasteiger partial charge in [0.15, 0.2) is 0 Å². The molecule has 4 N–H and O–H groups in total. The summed E-state index contributed by atoms with van der Waals surface area (Å²) in [6.07, 6.45) is 27.5. The lowest BCUT2D eigenvalue weighted by molar-refractivity contribution is -0.0500. The average Bonchev–Trinajstić information content (AvgIpc) is 0.750. The largest absolute Gasteiger partial charge is 0.534 e. The molecule has 0 heterocycles. The molecule has 0 unspecified atom stereocenters. The number of hydrogen-bond donors (Lipinski definition) is 3. The van der Waals surface area contributed by atoms with Gasteiger partial charge in [-0.25, -0.2) is 0 Å². The molecule has 0 bridgehead atoms. The van der Waals surface area contributed by atoms with Gasteiger partial charge >= 0.3 is 15.6 Å². The van der Waals surface area contributed by atoms with E-state index in [9.17, 15) is 21.6 Å². The van der Waals surface area contributed by atoms with E-state index in [2.05, 4.69) is 388 Å². The van der Waals surface area contributed by atoms with Gasteiger partial charge in [0.05, 0.1) is 0 Å². The predicted octanol–water partition coefficient (Wildman–Crippen LogP) is 37.9. The number of unbranched alkanes of at least 4 members (excludes halogenated alkanes) is 15. The Morgan fingerprint density at radius 1 is 0.309 bits per heavy atom. The summed E-state index contributed by atoms with van der Waals surface area (Å²) in [6, 6.07) is 119. The number of benzene rings is 17. The van der Waals surface area contributed by atoms with Crippen LogP contribution >= 0.6 is 38.5 Å². The number of nitrogens with two attached hydrogens (primary N) is 1. The van der Waals surface area contributed by atoms with E-state index in [-0.39, 0.29) is 0 Å². The Morgan fingerprint density at radius 2 is 0.603 bits per heavy atom. The predicted molar refractivity (Wildman–Crippen MR) is 589 cm³/mol. The van der Waals surface area contributed by atoms with Crippen LogP contribution in [0.4, 0.5) is 41.6 Å². The van der Waals surface area contributed by atoms with E-state index in [1.54, 1.807) is 6.07 Å². The van der Waals surface area contributed by atoms with E-state index < -0.39 is 21.4 Å². The molecule has 0 aliphatic rings. The smallest absolute Gasteiger partial charge is 0.399 e. The topological polar surface area (TPSA) is 93.4 Å². The van der Waals surface area contributed by atoms with Crippen molar-refractivity contribution < 1.29 is 25.8 Å². The lowest BCUT2D eigenvalue weighted by Crippen LogP contribution is -2.28. The van der Waals surface area contributed by atoms with E-state index in [4.69, 9.17) is 5.73 Å². The van der Waals surface area contributed by atoms with Crippen molar-refractivity contribution in [2.75, 3.05) is 16.4 Å². The van der Waals surface area contributed by atoms with Crippen molar-refractivity contribution in [3.8, 4) is 83.6 Å². The van der Waals surface area contributed by atoms with Gasteiger partial charge in [-0.2, -0.15) is 21.6 Å². The molecule has 17 rings (SSSR count). The minimum Gasteiger partial charge on any atom is -0.399 e. The minimum absolute atomic E-state index is 0.409. The number of aryl methyl sites for hydroxylation is 8. The molecule has 0 radical (unpaired) electrons. The molecule has 6 nitrogen and oxygen atoms in total. The lowest BCUT2D eigenvalue weighted by Gasteiger charge is -2.18. The van der Waals surface area contributed by atoms with Crippen LogP contribution in [-0.4, -0.2) is 13.9 Å². The Morgan fingerprint density at radius 3 is 0.971 bits per heavy atom. The molecule has 0 atom stereocenters. The summed E-state index contributed by atoms with van der Waals surface area (Å²) >= 11 is 5.74. The second kappa shape index (κ2) is 48.6. The van der Waals surface area contributed by atoms with Crippen LogP contribution in [0.15, 0.2) is 344 Å². The molecule has 0 saturated heterocycles. The Kier molecular flexibility index (Phi) is 35.7. The number of halogens is 5. The zero-order valence-corrected chi connectivity index (χ0v) is 84.3. The minimum atomic E-state index is -5.78. The standard InChI is InChI=1S/C62H68N2.C36H27F3O3S.C14H23N.C12H8BrI/c1-5-7-9-11-13-15-21-47-23-17-27-55(39-47)63-57-29-19-25-51(41-57)53-37-35-49-33-31-45(3)61(59(49)43-53)62-46(4)32-34-50-36-38-54(44-60(50)62)52-26-20-30-58(42-52)64-56-28-18-24-48(40-56)22-16-14-12-10-8-6-2;1-22-6-4-7-27(18-22)29-16-14-25-12-10-23(2)34(32(25)20-29)35-24(3)11-13-26-15-17-30(21-33(26)35)28-8-5-9-31(19-28)42-43(40,41)36(37,38)39;1-2-3-4-5-6-7-9-13-10-8-11-14(15)12-13;13-11-5-1-9(2-6-11)10-3-7-12(14)8-4-10/h17-20,23-44,63-64H,5-16,21-22H2,1-4H3;4-21H,1-3H3;8,10-12H,2-7,9,15H2,1H3;1-8H. The molecule has 17 aromatic rings. The Balaban J connectivity index is 0.000000174. The van der Waals surface area contributed by atoms with Crippen LogP contribution in [0.5, 0.6) is 5.75 Å². The van der Waals surface area contributed by atoms with Crippen molar-refractivity contribution in [1.82, 2.24) is 0 Å². The number of fused-ring (bicyclic) bond motifs is 4. The highest BCUT2D eigenvalue weighted by Crippen LogP contribution is 2.45. The third-order valence-electron chi connectivity index (χ3n) is 25.7. The molecule has 696 valence electrons. The number of nitrogens with one attached hydrogen (secondary N) is 2. The van der Waals surface area contributed by atoms with Gasteiger partial charge in [0.2, 0.25) is 0 Å². The fraction of sp³-hybridized carbons (Fsp3) is 0.242. The van der Waals surface area contributed by atoms with Crippen LogP contribution in [0.3, 0.4) is 0 Å². The summed E-state index contributed by atoms with van der Waals surface area (Å²) in [7, 11) is -5.78. The fourth-order valence-corrected chi connectivity index (χ4v) is 19.4. The lowest BCUT2D eigenvalue weighted by atomic mass is 9.86. The van der Waals surface area contributed by atoms with Crippen molar-refractivity contribution >= 4 is 120 Å². The highest BCUT2D eigenvalue weighted by Gasteiger charge is 2.48. The molecule has 17 aromatic carbocycles. The molecule has 12 heteroatoms. The first-order valence-electron chi connectivity index (χ1n) is 48.6. The van der Waals surface area contributed by atoms with Gasteiger partial charge in [0, 0.05) is 36.5 Å². The zero-order valence-electron chi connectivity index (χ0n) is 79.8. The molecular weight excluding hydrogens is 1880 g/mol. The van der Waals surface area contributed by atoms with Gasteiger partial charge in [-0.1, -0.05) is 357 Å². The van der Waals surface area contributed by atoms with Crippen molar-refractivity contribution in [2.24, 2.45) is 0 Å². The van der Waals surface area contributed by atoms with Gasteiger partial charge in [0.1, 0.15) is 5.75 Å². The molecule has 0 spiro atoms. The second-order valence-corrected chi connectivity index (χ2v) is 40.0. The van der Waals surface area contributed by atoms with Crippen LogP contribution in [0, 0.1) is 38.2 Å². The Hall–Kier alpha value is -12.1. The Bertz CT molecular complexity index is 6800. The first-order valence-corrected chi connectivity index (χ1v) is 51.8. The summed E-state index contributed by atoms with van der Waals surface area (Å²) in [5.41, 5.74) is 31.4. The summed E-state index contributed by atoms with van der Waals surface area (Å²) in [4.78, 5) is 0. The zero-order chi connectivity index (χ0) is 95.5. The van der Waals surface area contributed by atoms with Gasteiger partial charge in [0.25, 0.3) is 0 Å². The maximum Gasteiger partial charge on any atom is 0.534 e. The molecule has 0 aliphatic carbocycles. The van der Waals surface area contributed by atoms with Crippen LogP contribution < -0.4 is 20.6 Å². The SMILES string of the molecule is Brc1ccc(-c2ccc(I)cc2)cc1.CCCCCCCCc1cccc(N)c1.CCCCCCCCc1cccc(Nc2cccc(-c3ccc4ccc(C)c(-c5c(C)ccc6ccc(-c7cccc(Nc8cccc(CCCCCCCC)c8)c7)cc56)c4c3)c2)c1.Cc1cccc(-c2ccc3ccc(C)c(-c4c(C)ccc5ccc(-c6cccc(OS(=O)(=O)C(F)(F)F)c6)cc45)c3c2)c1. The third kappa shape index (κ3) is 27.2. The van der Waals surface area contributed by atoms with Crippen LogP contribution in [-0.2, 0) is 29.4 Å². The summed E-state index contributed by atoms with van der Waals surface area (Å²) in [6.45, 7) is 17.6. The van der Waals surface area contributed by atoms with Crippen molar-refractivity contribution in [1.29, 1.82) is 0 Å². The van der Waals surface area contributed by atoms with Gasteiger partial charge in [-0.3, -0.25) is 0 Å². The van der Waals surface area contributed by atoms with E-state index in [1.807, 2.05) is 36.4 Å². The number of nitrogen functional groups attached to an aromatic ring is 1. The average molecular weight is 2000 g/mol. The number of hydrogen-bond acceptors (Lipinski definition) is 6. The third-order valence-corrected chi connectivity index (χ3v) is 27.9. The number of alkyl halides is 3. The first-order chi connectivity index (χ1) is 65.9. The molecule has 0 aromatic heterocycles. The maximum atomic E-state index is 12.9. The van der Waals surface area contributed by atoms with Crippen LogP contribution in [0.2, 0.25) is 0 Å². The summed E-state index contributed by atoms with van der Waals surface area (Å²) in [5.74, 6) is -0.409.